The molecule has 4 rings (SSSR count). The van der Waals surface area contributed by atoms with Crippen LogP contribution < -0.4 is 10.1 Å². The van der Waals surface area contributed by atoms with Crippen molar-refractivity contribution in [1.82, 2.24) is 15.0 Å². The molecule has 0 radical (unpaired) electrons. The molecule has 3 N–H and O–H groups in total. The molecule has 170 valence electrons. The lowest BCUT2D eigenvalue weighted by molar-refractivity contribution is -0.141. The zero-order chi connectivity index (χ0) is 22.9. The molecule has 0 atom stereocenters. The molecule has 32 heavy (non-hydrogen) atoms. The molecule has 1 amide bonds. The summed E-state index contributed by atoms with van der Waals surface area (Å²) in [7, 11) is 1.43. The molecule has 1 saturated carbocycles. The van der Waals surface area contributed by atoms with Gasteiger partial charge >= 0.3 is 6.18 Å². The number of benzene rings is 1. The van der Waals surface area contributed by atoms with Crippen molar-refractivity contribution >= 4 is 22.6 Å². The lowest BCUT2D eigenvalue weighted by Crippen LogP contribution is -2.17. The molecule has 1 aliphatic rings. The highest BCUT2D eigenvalue weighted by molar-refractivity contribution is 6.04. The van der Waals surface area contributed by atoms with Gasteiger partial charge in [-0.2, -0.15) is 13.2 Å². The number of ether oxygens (including phenoxy) is 1. The van der Waals surface area contributed by atoms with E-state index in [1.165, 1.54) is 13.2 Å². The monoisotopic (exact) mass is 448 g/mol. The molecule has 3 aromatic rings. The fourth-order valence-electron chi connectivity index (χ4n) is 4.04. The van der Waals surface area contributed by atoms with Crippen LogP contribution in [0.1, 0.15) is 53.6 Å². The predicted molar refractivity (Wildman–Crippen MR) is 112 cm³/mol. The average molecular weight is 448 g/mol. The van der Waals surface area contributed by atoms with Crippen LogP contribution in [0, 0.1) is 5.92 Å². The normalized spacial score (nSPS) is 19.2. The zero-order valence-corrected chi connectivity index (χ0v) is 17.4. The first-order chi connectivity index (χ1) is 15.3. The van der Waals surface area contributed by atoms with Crippen molar-refractivity contribution in [3.63, 3.8) is 0 Å². The van der Waals surface area contributed by atoms with Crippen molar-refractivity contribution < 1.29 is 27.8 Å². The smallest absolute Gasteiger partial charge is 0.433 e. The number of carbonyl (C=O) groups is 1. The number of nitrogens with zero attached hydrogens (tertiary/aromatic N) is 2. The van der Waals surface area contributed by atoms with E-state index in [1.807, 2.05) is 0 Å². The van der Waals surface area contributed by atoms with E-state index in [1.54, 1.807) is 12.1 Å². The number of H-pyrrole nitrogens is 1. The van der Waals surface area contributed by atoms with E-state index < -0.39 is 17.8 Å². The summed E-state index contributed by atoms with van der Waals surface area (Å²) < 4.78 is 44.1. The minimum atomic E-state index is -4.64. The van der Waals surface area contributed by atoms with Gasteiger partial charge in [-0.3, -0.25) is 4.79 Å². The highest BCUT2D eigenvalue weighted by Crippen LogP contribution is 2.37. The van der Waals surface area contributed by atoms with Gasteiger partial charge in [0.1, 0.15) is 23.0 Å². The number of fused-ring (bicyclic) bond motifs is 1. The number of aromatic nitrogens is 3. The predicted octanol–water partition coefficient (Wildman–Crippen LogP) is 4.50. The van der Waals surface area contributed by atoms with Gasteiger partial charge in [0.25, 0.3) is 5.91 Å². The molecule has 10 heteroatoms. The number of pyridine rings is 1. The van der Waals surface area contributed by atoms with Crippen LogP contribution in [0.3, 0.4) is 0 Å². The molecule has 0 spiro atoms. The van der Waals surface area contributed by atoms with Crippen LogP contribution in [0.25, 0.3) is 11.0 Å². The Morgan fingerprint density at radius 3 is 2.62 bits per heavy atom. The Morgan fingerprint density at radius 2 is 1.97 bits per heavy atom. The molecule has 7 nitrogen and oxygen atoms in total. The van der Waals surface area contributed by atoms with Gasteiger partial charge in [0.05, 0.1) is 23.8 Å². The minimum absolute atomic E-state index is 0.202. The van der Waals surface area contributed by atoms with E-state index in [-0.39, 0.29) is 18.2 Å². The third-order valence-corrected chi connectivity index (χ3v) is 5.83. The second-order valence-electron chi connectivity index (χ2n) is 7.95. The molecule has 1 aliphatic carbocycles. The maximum absolute atomic E-state index is 12.9. The van der Waals surface area contributed by atoms with Crippen molar-refractivity contribution in [1.29, 1.82) is 0 Å². The van der Waals surface area contributed by atoms with Crippen LogP contribution in [0.4, 0.5) is 18.9 Å². The second-order valence-corrected chi connectivity index (χ2v) is 7.95. The summed E-state index contributed by atoms with van der Waals surface area (Å²) >= 11 is 0. The molecule has 0 saturated heterocycles. The first kappa shape index (κ1) is 22.1. The molecule has 1 fully saturated rings. The first-order valence-electron chi connectivity index (χ1n) is 10.3. The number of rotatable bonds is 5. The number of aliphatic hydroxyl groups excluding tert-OH is 1. The van der Waals surface area contributed by atoms with Crippen LogP contribution in [0.5, 0.6) is 5.75 Å². The summed E-state index contributed by atoms with van der Waals surface area (Å²) in [5.74, 6) is 0.975. The topological polar surface area (TPSA) is 100 Å². The number of hydrogen-bond acceptors (Lipinski definition) is 5. The Bertz CT molecular complexity index is 1120. The number of anilines is 1. The van der Waals surface area contributed by atoms with Crippen molar-refractivity contribution in [2.45, 2.75) is 37.8 Å². The third kappa shape index (κ3) is 4.55. The highest BCUT2D eigenvalue weighted by Gasteiger charge is 2.33. The maximum Gasteiger partial charge on any atom is 0.433 e. The maximum atomic E-state index is 12.9. The van der Waals surface area contributed by atoms with Gasteiger partial charge in [-0.25, -0.2) is 9.97 Å². The summed E-state index contributed by atoms with van der Waals surface area (Å²) in [6.07, 6.45) is -0.921. The number of aromatic amines is 1. The van der Waals surface area contributed by atoms with Crippen LogP contribution in [-0.2, 0) is 6.18 Å². The number of hydrogen-bond donors (Lipinski definition) is 3. The van der Waals surface area contributed by atoms with E-state index in [4.69, 9.17) is 4.74 Å². The molecule has 0 bridgehead atoms. The van der Waals surface area contributed by atoms with E-state index >= 15 is 0 Å². The SMILES string of the molecule is COc1cc2nc(C3CCC(CO)CC3)[nH]c2cc1NC(=O)c1cccc(C(F)(F)F)n1. The quantitative estimate of drug-likeness (QED) is 0.534. The molecule has 2 heterocycles. The first-order valence-corrected chi connectivity index (χ1v) is 10.3. The number of nitrogens with one attached hydrogen (secondary N) is 2. The van der Waals surface area contributed by atoms with E-state index in [2.05, 4.69) is 20.3 Å². The number of halogens is 3. The standard InChI is InChI=1S/C22H23F3N4O3/c1-32-18-10-16-15(27-20(28-16)13-7-5-12(11-30)6-8-13)9-17(18)29-21(31)14-3-2-4-19(26-14)22(23,24)25/h2-4,9-10,12-13,30H,5-8,11H2,1H3,(H,27,28)(H,29,31). The van der Waals surface area contributed by atoms with Gasteiger partial charge in [0.15, 0.2) is 0 Å². The summed E-state index contributed by atoms with van der Waals surface area (Å²) in [4.78, 5) is 23.9. The molecular weight excluding hydrogens is 425 g/mol. The Labute approximate surface area is 182 Å². The average Bonchev–Trinajstić information content (AvgIpc) is 3.21. The fourth-order valence-corrected chi connectivity index (χ4v) is 4.04. The van der Waals surface area contributed by atoms with Crippen LogP contribution in [0.2, 0.25) is 0 Å². The van der Waals surface area contributed by atoms with Crippen LogP contribution in [0.15, 0.2) is 30.3 Å². The number of carbonyl (C=O) groups excluding carboxylic acids is 1. The summed E-state index contributed by atoms with van der Waals surface area (Å²) in [5, 5.41) is 11.9. The number of imidazole rings is 1. The largest absolute Gasteiger partial charge is 0.494 e. The summed E-state index contributed by atoms with van der Waals surface area (Å²) in [5.41, 5.74) is 0.145. The van der Waals surface area contributed by atoms with E-state index in [9.17, 15) is 23.1 Å². The Balaban J connectivity index is 1.58. The number of methoxy groups -OCH3 is 1. The Kier molecular flexibility index (Phi) is 6.05. The van der Waals surface area contributed by atoms with Crippen molar-refractivity contribution in [2.75, 3.05) is 19.0 Å². The van der Waals surface area contributed by atoms with Crippen LogP contribution >= 0.6 is 0 Å². The van der Waals surface area contributed by atoms with Crippen molar-refractivity contribution in [3.05, 3.63) is 47.5 Å². The lowest BCUT2D eigenvalue weighted by atomic mass is 9.82. The molecule has 1 aromatic carbocycles. The van der Waals surface area contributed by atoms with E-state index in [0.29, 0.717) is 28.4 Å². The molecular formula is C22H23F3N4O3. The minimum Gasteiger partial charge on any atom is -0.494 e. The van der Waals surface area contributed by atoms with Crippen LogP contribution in [-0.4, -0.2) is 39.7 Å². The second kappa shape index (κ2) is 8.78. The number of amides is 1. The van der Waals surface area contributed by atoms with Gasteiger partial charge in [0.2, 0.25) is 0 Å². The molecule has 0 unspecified atom stereocenters. The highest BCUT2D eigenvalue weighted by atomic mass is 19.4. The fraction of sp³-hybridized carbons (Fsp3) is 0.409. The Hall–Kier alpha value is -3.14. The Morgan fingerprint density at radius 1 is 1.22 bits per heavy atom. The summed E-state index contributed by atoms with van der Waals surface area (Å²) in [6, 6.07) is 6.48. The third-order valence-electron chi connectivity index (χ3n) is 5.83. The van der Waals surface area contributed by atoms with Crippen molar-refractivity contribution in [2.24, 2.45) is 5.92 Å². The summed E-state index contributed by atoms with van der Waals surface area (Å²) in [6.45, 7) is 0.202. The number of alkyl halides is 3. The van der Waals surface area contributed by atoms with E-state index in [0.717, 1.165) is 43.6 Å². The van der Waals surface area contributed by atoms with Gasteiger partial charge in [0, 0.05) is 18.6 Å². The molecule has 0 aliphatic heterocycles. The van der Waals surface area contributed by atoms with Gasteiger partial charge in [-0.15, -0.1) is 0 Å². The molecule has 2 aromatic heterocycles. The van der Waals surface area contributed by atoms with Gasteiger partial charge in [-0.1, -0.05) is 6.07 Å². The van der Waals surface area contributed by atoms with Gasteiger partial charge in [-0.05, 0) is 49.8 Å². The zero-order valence-electron chi connectivity index (χ0n) is 17.4. The number of aliphatic hydroxyl groups is 1. The van der Waals surface area contributed by atoms with Gasteiger partial charge < -0.3 is 20.1 Å². The lowest BCUT2D eigenvalue weighted by Gasteiger charge is -2.25. The van der Waals surface area contributed by atoms with Crippen molar-refractivity contribution in [3.8, 4) is 5.75 Å².